The van der Waals surface area contributed by atoms with E-state index in [1.54, 1.807) is 13.0 Å². The number of rotatable bonds is 2. The number of ether oxygens (including phenoxy) is 1. The molecule has 0 saturated heterocycles. The van der Waals surface area contributed by atoms with Gasteiger partial charge in [-0.2, -0.15) is 13.9 Å². The third-order valence-electron chi connectivity index (χ3n) is 0.983. The minimum absolute atomic E-state index is 0.161. The summed E-state index contributed by atoms with van der Waals surface area (Å²) in [5, 5.41) is 6.89. The summed E-state index contributed by atoms with van der Waals surface area (Å²) in [6.45, 7) is -1.13. The van der Waals surface area contributed by atoms with E-state index in [4.69, 9.17) is 0 Å². The molecule has 1 heterocycles. The van der Waals surface area contributed by atoms with Gasteiger partial charge in [-0.05, 0) is 13.0 Å². The van der Waals surface area contributed by atoms with Crippen molar-refractivity contribution in [1.82, 2.24) is 10.2 Å². The zero-order valence-corrected chi connectivity index (χ0v) is 5.79. The number of nitrogens with zero attached hydrogens (tertiary/aromatic N) is 2. The molecule has 5 heteroatoms. The minimum atomic E-state index is -2.84. The Morgan fingerprint density at radius 1 is 1.36 bits per heavy atom. The highest BCUT2D eigenvalue weighted by Gasteiger charge is 2.04. The van der Waals surface area contributed by atoms with Crippen LogP contribution < -0.4 is 4.74 Å². The second-order valence-corrected chi connectivity index (χ2v) is 1.89. The van der Waals surface area contributed by atoms with Gasteiger partial charge in [0.1, 0.15) is 0 Å². The van der Waals surface area contributed by atoms with Gasteiger partial charge in [0.05, 0.1) is 5.69 Å². The number of halogens is 2. The molecule has 0 aliphatic carbocycles. The number of aryl methyl sites for hydroxylation is 1. The fourth-order valence-electron chi connectivity index (χ4n) is 0.541. The summed E-state index contributed by atoms with van der Waals surface area (Å²) in [6, 6.07) is 2.89. The van der Waals surface area contributed by atoms with Crippen LogP contribution in [0.15, 0.2) is 12.1 Å². The van der Waals surface area contributed by atoms with E-state index in [-0.39, 0.29) is 5.88 Å². The predicted octanol–water partition coefficient (Wildman–Crippen LogP) is 1.39. The lowest BCUT2D eigenvalue weighted by atomic mass is 10.4. The zero-order valence-electron chi connectivity index (χ0n) is 5.79. The van der Waals surface area contributed by atoms with Crippen LogP contribution in [-0.2, 0) is 0 Å². The zero-order chi connectivity index (χ0) is 8.27. The molecule has 0 atom stereocenters. The van der Waals surface area contributed by atoms with E-state index in [0.717, 1.165) is 0 Å². The summed E-state index contributed by atoms with van der Waals surface area (Å²) < 4.78 is 27.0. The highest BCUT2D eigenvalue weighted by atomic mass is 19.3. The van der Waals surface area contributed by atoms with Gasteiger partial charge in [0.15, 0.2) is 0 Å². The molecule has 3 nitrogen and oxygen atoms in total. The smallest absolute Gasteiger partial charge is 0.388 e. The van der Waals surface area contributed by atoms with E-state index < -0.39 is 6.61 Å². The van der Waals surface area contributed by atoms with Gasteiger partial charge in [-0.15, -0.1) is 5.10 Å². The maximum atomic E-state index is 11.5. The van der Waals surface area contributed by atoms with Crippen molar-refractivity contribution in [3.8, 4) is 5.88 Å². The van der Waals surface area contributed by atoms with Crippen molar-refractivity contribution in [2.24, 2.45) is 0 Å². The monoisotopic (exact) mass is 160 g/mol. The third kappa shape index (κ3) is 2.45. The molecule has 60 valence electrons. The molecule has 0 unspecified atom stereocenters. The standard InChI is InChI=1S/C6H6F2N2O/c1-4-2-3-5(10-9-4)11-6(7)8/h2-3,6H,1H3. The van der Waals surface area contributed by atoms with Gasteiger partial charge in [-0.3, -0.25) is 0 Å². The second-order valence-electron chi connectivity index (χ2n) is 1.89. The normalized spacial score (nSPS) is 10.2. The van der Waals surface area contributed by atoms with Crippen LogP contribution >= 0.6 is 0 Å². The predicted molar refractivity (Wildman–Crippen MR) is 33.4 cm³/mol. The van der Waals surface area contributed by atoms with E-state index in [0.29, 0.717) is 5.69 Å². The molecule has 11 heavy (non-hydrogen) atoms. The van der Waals surface area contributed by atoms with Crippen molar-refractivity contribution in [2.75, 3.05) is 0 Å². The fraction of sp³-hybridized carbons (Fsp3) is 0.333. The van der Waals surface area contributed by atoms with E-state index in [1.807, 2.05) is 0 Å². The average Bonchev–Trinajstić information content (AvgIpc) is 1.93. The van der Waals surface area contributed by atoms with Crippen molar-refractivity contribution < 1.29 is 13.5 Å². The highest BCUT2D eigenvalue weighted by molar-refractivity contribution is 5.09. The first-order valence-electron chi connectivity index (χ1n) is 2.93. The Morgan fingerprint density at radius 3 is 2.55 bits per heavy atom. The lowest BCUT2D eigenvalue weighted by molar-refractivity contribution is -0.0534. The number of alkyl halides is 2. The Labute approximate surface area is 62.0 Å². The van der Waals surface area contributed by atoms with Crippen LogP contribution in [0.5, 0.6) is 5.88 Å². The van der Waals surface area contributed by atoms with E-state index in [1.165, 1.54) is 6.07 Å². The maximum absolute atomic E-state index is 11.5. The molecule has 0 spiro atoms. The van der Waals surface area contributed by atoms with E-state index in [9.17, 15) is 8.78 Å². The Hall–Kier alpha value is -1.26. The summed E-state index contributed by atoms with van der Waals surface area (Å²) in [4.78, 5) is 0. The molecule has 1 aromatic rings. The molecule has 0 bridgehead atoms. The first kappa shape index (κ1) is 7.84. The molecule has 0 radical (unpaired) electrons. The van der Waals surface area contributed by atoms with Crippen LogP contribution in [0.25, 0.3) is 0 Å². The molecule has 0 aliphatic heterocycles. The quantitative estimate of drug-likeness (QED) is 0.655. The summed E-state index contributed by atoms with van der Waals surface area (Å²) in [5.74, 6) is -0.161. The lowest BCUT2D eigenvalue weighted by Gasteiger charge is -2.00. The fourth-order valence-corrected chi connectivity index (χ4v) is 0.541. The van der Waals surface area contributed by atoms with Gasteiger partial charge in [-0.1, -0.05) is 0 Å². The molecule has 0 saturated carbocycles. The molecular weight excluding hydrogens is 154 g/mol. The second kappa shape index (κ2) is 3.23. The largest absolute Gasteiger partial charge is 0.415 e. The molecule has 1 rings (SSSR count). The van der Waals surface area contributed by atoms with Crippen LogP contribution in [0.3, 0.4) is 0 Å². The Kier molecular flexibility index (Phi) is 2.30. The van der Waals surface area contributed by atoms with Gasteiger partial charge in [0.2, 0.25) is 5.88 Å². The first-order chi connectivity index (χ1) is 5.18. The summed E-state index contributed by atoms with van der Waals surface area (Å²) in [5.41, 5.74) is 0.659. The molecule has 1 aromatic heterocycles. The van der Waals surface area contributed by atoms with Crippen molar-refractivity contribution in [2.45, 2.75) is 13.5 Å². The van der Waals surface area contributed by atoms with Crippen LogP contribution in [0.4, 0.5) is 8.78 Å². The lowest BCUT2D eigenvalue weighted by Crippen LogP contribution is -2.04. The van der Waals surface area contributed by atoms with E-state index >= 15 is 0 Å². The third-order valence-corrected chi connectivity index (χ3v) is 0.983. The maximum Gasteiger partial charge on any atom is 0.388 e. The van der Waals surface area contributed by atoms with E-state index in [2.05, 4.69) is 14.9 Å². The van der Waals surface area contributed by atoms with Gasteiger partial charge >= 0.3 is 6.61 Å². The molecule has 0 N–H and O–H groups in total. The number of hydrogen-bond donors (Lipinski definition) is 0. The Balaban J connectivity index is 2.66. The highest BCUT2D eigenvalue weighted by Crippen LogP contribution is 2.07. The van der Waals surface area contributed by atoms with Crippen molar-refractivity contribution in [1.29, 1.82) is 0 Å². The number of hydrogen-bond acceptors (Lipinski definition) is 3. The van der Waals surface area contributed by atoms with Crippen LogP contribution in [-0.4, -0.2) is 16.8 Å². The molecular formula is C6H6F2N2O. The average molecular weight is 160 g/mol. The molecule has 0 aliphatic rings. The van der Waals surface area contributed by atoms with Gasteiger partial charge in [0, 0.05) is 6.07 Å². The first-order valence-corrected chi connectivity index (χ1v) is 2.93. The van der Waals surface area contributed by atoms with Crippen LogP contribution in [0.2, 0.25) is 0 Å². The summed E-state index contributed by atoms with van der Waals surface area (Å²) in [6.07, 6.45) is 0. The Morgan fingerprint density at radius 2 is 2.09 bits per heavy atom. The van der Waals surface area contributed by atoms with Crippen LogP contribution in [0, 0.1) is 6.92 Å². The molecule has 0 amide bonds. The minimum Gasteiger partial charge on any atom is -0.415 e. The molecule has 0 aromatic carbocycles. The Bertz CT molecular complexity index is 225. The summed E-state index contributed by atoms with van der Waals surface area (Å²) in [7, 11) is 0. The SMILES string of the molecule is Cc1ccc(OC(F)F)nn1. The van der Waals surface area contributed by atoms with Gasteiger partial charge in [0.25, 0.3) is 0 Å². The summed E-state index contributed by atoms with van der Waals surface area (Å²) >= 11 is 0. The topological polar surface area (TPSA) is 35.0 Å². The van der Waals surface area contributed by atoms with Gasteiger partial charge in [-0.25, -0.2) is 0 Å². The van der Waals surface area contributed by atoms with Crippen molar-refractivity contribution in [3.05, 3.63) is 17.8 Å². The molecule has 0 fully saturated rings. The van der Waals surface area contributed by atoms with Crippen LogP contribution in [0.1, 0.15) is 5.69 Å². The van der Waals surface area contributed by atoms with Crippen molar-refractivity contribution in [3.63, 3.8) is 0 Å². The van der Waals surface area contributed by atoms with Crippen molar-refractivity contribution >= 4 is 0 Å². The number of aromatic nitrogens is 2. The van der Waals surface area contributed by atoms with Gasteiger partial charge < -0.3 is 4.74 Å².